The van der Waals surface area contributed by atoms with Crippen molar-refractivity contribution in [3.8, 4) is 0 Å². The first kappa shape index (κ1) is 15.5. The number of aromatic amines is 1. The summed E-state index contributed by atoms with van der Waals surface area (Å²) in [5, 5.41) is 0.836. The normalized spacial score (nSPS) is 13.8. The molecule has 2 heterocycles. The number of hydrogen-bond acceptors (Lipinski definition) is 4. The Labute approximate surface area is 145 Å². The van der Waals surface area contributed by atoms with Gasteiger partial charge in [0, 0.05) is 11.4 Å². The second-order valence-corrected chi connectivity index (χ2v) is 7.42. The average molecular weight is 339 g/mol. The van der Waals surface area contributed by atoms with Crippen molar-refractivity contribution in [3.05, 3.63) is 62.5 Å². The van der Waals surface area contributed by atoms with Gasteiger partial charge in [-0.25, -0.2) is 4.98 Å². The molecule has 0 atom stereocenters. The van der Waals surface area contributed by atoms with Gasteiger partial charge in [0.1, 0.15) is 10.7 Å². The largest absolute Gasteiger partial charge is 0.309 e. The summed E-state index contributed by atoms with van der Waals surface area (Å²) in [6.45, 7) is 4.58. The number of hydrogen-bond donors (Lipinski definition) is 1. The lowest BCUT2D eigenvalue weighted by molar-refractivity contribution is 0.264. The summed E-state index contributed by atoms with van der Waals surface area (Å²) in [4.78, 5) is 24.9. The van der Waals surface area contributed by atoms with Gasteiger partial charge in [0.15, 0.2) is 0 Å². The quantitative estimate of drug-likeness (QED) is 0.774. The Morgan fingerprint density at radius 3 is 2.83 bits per heavy atom. The van der Waals surface area contributed by atoms with Crippen molar-refractivity contribution in [1.29, 1.82) is 0 Å². The van der Waals surface area contributed by atoms with Crippen molar-refractivity contribution in [3.63, 3.8) is 0 Å². The van der Waals surface area contributed by atoms with E-state index in [9.17, 15) is 4.79 Å². The van der Waals surface area contributed by atoms with Crippen LogP contribution in [0.25, 0.3) is 10.2 Å². The summed E-state index contributed by atoms with van der Waals surface area (Å²) in [6, 6.07) is 10.4. The fourth-order valence-corrected chi connectivity index (χ4v) is 4.74. The number of rotatable bonds is 5. The maximum Gasteiger partial charge on any atom is 0.259 e. The van der Waals surface area contributed by atoms with Crippen molar-refractivity contribution >= 4 is 21.6 Å². The fourth-order valence-electron chi connectivity index (χ4n) is 3.45. The molecule has 1 aliphatic carbocycles. The molecule has 4 rings (SSSR count). The summed E-state index contributed by atoms with van der Waals surface area (Å²) in [6.07, 6.45) is 3.29. The molecule has 0 aliphatic heterocycles. The van der Waals surface area contributed by atoms with Gasteiger partial charge < -0.3 is 4.98 Å². The van der Waals surface area contributed by atoms with Crippen molar-refractivity contribution in [2.45, 2.75) is 39.3 Å². The van der Waals surface area contributed by atoms with E-state index >= 15 is 0 Å². The van der Waals surface area contributed by atoms with Gasteiger partial charge >= 0.3 is 0 Å². The third-order valence-electron chi connectivity index (χ3n) is 4.69. The number of fused-ring (bicyclic) bond motifs is 3. The molecule has 5 heteroatoms. The van der Waals surface area contributed by atoms with E-state index in [1.165, 1.54) is 22.4 Å². The minimum absolute atomic E-state index is 0.0326. The van der Waals surface area contributed by atoms with Gasteiger partial charge in [0.2, 0.25) is 0 Å². The van der Waals surface area contributed by atoms with Gasteiger partial charge in [-0.3, -0.25) is 9.69 Å². The summed E-state index contributed by atoms with van der Waals surface area (Å²) < 4.78 is 0. The van der Waals surface area contributed by atoms with E-state index in [1.807, 2.05) is 6.07 Å². The van der Waals surface area contributed by atoms with E-state index in [0.717, 1.165) is 42.0 Å². The Balaban J connectivity index is 1.61. The molecule has 0 saturated carbocycles. The van der Waals surface area contributed by atoms with Crippen molar-refractivity contribution < 1.29 is 0 Å². The van der Waals surface area contributed by atoms with Crippen LogP contribution in [0, 0.1) is 0 Å². The van der Waals surface area contributed by atoms with Crippen LogP contribution in [0.4, 0.5) is 0 Å². The van der Waals surface area contributed by atoms with Crippen LogP contribution in [0.2, 0.25) is 0 Å². The molecule has 0 radical (unpaired) electrons. The molecule has 2 aromatic heterocycles. The first-order valence-corrected chi connectivity index (χ1v) is 9.36. The molecule has 124 valence electrons. The van der Waals surface area contributed by atoms with Crippen LogP contribution in [0.1, 0.15) is 35.2 Å². The number of benzene rings is 1. The van der Waals surface area contributed by atoms with Crippen LogP contribution in [-0.4, -0.2) is 21.4 Å². The van der Waals surface area contributed by atoms with Crippen molar-refractivity contribution in [2.75, 3.05) is 6.54 Å². The summed E-state index contributed by atoms with van der Waals surface area (Å²) in [5.74, 6) is 0.769. The molecule has 0 saturated heterocycles. The fraction of sp³-hybridized carbons (Fsp3) is 0.368. The summed E-state index contributed by atoms with van der Waals surface area (Å²) in [7, 11) is 0. The highest BCUT2D eigenvalue weighted by Gasteiger charge is 2.21. The van der Waals surface area contributed by atoms with E-state index in [-0.39, 0.29) is 5.56 Å². The highest BCUT2D eigenvalue weighted by atomic mass is 32.1. The van der Waals surface area contributed by atoms with Crippen LogP contribution >= 0.6 is 11.3 Å². The zero-order valence-corrected chi connectivity index (χ0v) is 14.7. The lowest BCUT2D eigenvalue weighted by Crippen LogP contribution is -2.25. The predicted molar refractivity (Wildman–Crippen MR) is 98.5 cm³/mol. The molecule has 1 N–H and O–H groups in total. The molecule has 3 aromatic rings. The van der Waals surface area contributed by atoms with Gasteiger partial charge in [-0.05, 0) is 36.9 Å². The molecule has 24 heavy (non-hydrogen) atoms. The summed E-state index contributed by atoms with van der Waals surface area (Å²) >= 11 is 1.70. The Morgan fingerprint density at radius 2 is 2.04 bits per heavy atom. The van der Waals surface area contributed by atoms with Crippen LogP contribution in [0.3, 0.4) is 0 Å². The smallest absolute Gasteiger partial charge is 0.259 e. The van der Waals surface area contributed by atoms with E-state index in [0.29, 0.717) is 6.54 Å². The molecule has 0 fully saturated rings. The Hall–Kier alpha value is -1.98. The maximum absolute atomic E-state index is 12.5. The number of H-pyrrole nitrogens is 1. The first-order chi connectivity index (χ1) is 11.7. The number of nitrogens with one attached hydrogen (secondary N) is 1. The second-order valence-electron chi connectivity index (χ2n) is 6.34. The first-order valence-electron chi connectivity index (χ1n) is 8.54. The van der Waals surface area contributed by atoms with Gasteiger partial charge in [-0.15, -0.1) is 11.3 Å². The average Bonchev–Trinajstić information content (AvgIpc) is 3.15. The number of nitrogens with zero attached hydrogens (tertiary/aromatic N) is 2. The predicted octanol–water partition coefficient (Wildman–Crippen LogP) is 3.50. The molecule has 0 spiro atoms. The zero-order valence-electron chi connectivity index (χ0n) is 13.8. The molecule has 1 aromatic carbocycles. The topological polar surface area (TPSA) is 49.0 Å². The van der Waals surface area contributed by atoms with Crippen molar-refractivity contribution in [1.82, 2.24) is 14.9 Å². The van der Waals surface area contributed by atoms with E-state index in [4.69, 9.17) is 4.98 Å². The lowest BCUT2D eigenvalue weighted by Gasteiger charge is -2.19. The van der Waals surface area contributed by atoms with Gasteiger partial charge in [0.25, 0.3) is 5.56 Å². The zero-order chi connectivity index (χ0) is 16.5. The molecule has 0 bridgehead atoms. The molecular formula is C19H21N3OS. The van der Waals surface area contributed by atoms with Crippen LogP contribution in [-0.2, 0) is 25.9 Å². The van der Waals surface area contributed by atoms with Gasteiger partial charge in [-0.2, -0.15) is 0 Å². The molecular weight excluding hydrogens is 318 g/mol. The van der Waals surface area contributed by atoms with Crippen LogP contribution in [0.5, 0.6) is 0 Å². The standard InChI is InChI=1S/C19H21N3OS/c1-2-22(11-13-7-4-3-5-8-13)12-16-20-18(23)17-14-9-6-10-15(14)24-19(17)21-16/h3-5,7-8H,2,6,9-12H2,1H3,(H,20,21,23). The molecule has 0 unspecified atom stereocenters. The van der Waals surface area contributed by atoms with Crippen molar-refractivity contribution in [2.24, 2.45) is 0 Å². The highest BCUT2D eigenvalue weighted by molar-refractivity contribution is 7.18. The number of thiophene rings is 1. The third kappa shape index (κ3) is 2.89. The highest BCUT2D eigenvalue weighted by Crippen LogP contribution is 2.34. The lowest BCUT2D eigenvalue weighted by atomic mass is 10.2. The SMILES string of the molecule is CCN(Cc1ccccc1)Cc1nc2sc3c(c2c(=O)[nH]1)CCC3. The minimum Gasteiger partial charge on any atom is -0.309 e. The van der Waals surface area contributed by atoms with Gasteiger partial charge in [-0.1, -0.05) is 37.3 Å². The van der Waals surface area contributed by atoms with Crippen LogP contribution in [0.15, 0.2) is 35.1 Å². The van der Waals surface area contributed by atoms with E-state index in [1.54, 1.807) is 11.3 Å². The second kappa shape index (κ2) is 6.49. The van der Waals surface area contributed by atoms with Crippen LogP contribution < -0.4 is 5.56 Å². The number of aryl methyl sites for hydroxylation is 2. The molecule has 4 nitrogen and oxygen atoms in total. The van der Waals surface area contributed by atoms with E-state index in [2.05, 4.69) is 41.1 Å². The minimum atomic E-state index is 0.0326. The summed E-state index contributed by atoms with van der Waals surface area (Å²) in [5.41, 5.74) is 2.55. The third-order valence-corrected chi connectivity index (χ3v) is 5.88. The Kier molecular flexibility index (Phi) is 4.21. The van der Waals surface area contributed by atoms with E-state index < -0.39 is 0 Å². The Morgan fingerprint density at radius 1 is 1.21 bits per heavy atom. The Bertz CT molecular complexity index is 914. The molecule has 0 amide bonds. The monoisotopic (exact) mass is 339 g/mol. The number of aromatic nitrogens is 2. The maximum atomic E-state index is 12.5. The van der Waals surface area contributed by atoms with Gasteiger partial charge in [0.05, 0.1) is 11.9 Å². The molecule has 1 aliphatic rings.